The number of carbonyl (C=O) groups is 1. The monoisotopic (exact) mass is 198 g/mol. The number of ether oxygens (including phenoxy) is 3. The molecule has 1 saturated carbocycles. The van der Waals surface area contributed by atoms with Gasteiger partial charge in [0, 0.05) is 5.92 Å². The molecular weight excluding hydrogens is 184 g/mol. The van der Waals surface area contributed by atoms with Crippen molar-refractivity contribution in [3.05, 3.63) is 0 Å². The van der Waals surface area contributed by atoms with E-state index in [1.807, 2.05) is 13.8 Å². The lowest BCUT2D eigenvalue weighted by molar-refractivity contribution is -0.182. The normalized spacial score (nSPS) is 48.9. The summed E-state index contributed by atoms with van der Waals surface area (Å²) in [6.07, 6.45) is 0.844. The topological polar surface area (TPSA) is 44.8 Å². The van der Waals surface area contributed by atoms with Gasteiger partial charge in [-0.15, -0.1) is 0 Å². The highest BCUT2D eigenvalue weighted by molar-refractivity contribution is 5.75. The summed E-state index contributed by atoms with van der Waals surface area (Å²) in [5.41, 5.74) is 0. The van der Waals surface area contributed by atoms with Crippen LogP contribution in [0.3, 0.4) is 0 Å². The Morgan fingerprint density at radius 3 is 2.79 bits per heavy atom. The Kier molecular flexibility index (Phi) is 1.55. The Balaban J connectivity index is 1.90. The van der Waals surface area contributed by atoms with E-state index in [1.165, 1.54) is 0 Å². The smallest absolute Gasteiger partial charge is 0.311 e. The molecule has 2 heterocycles. The third kappa shape index (κ3) is 1.04. The van der Waals surface area contributed by atoms with Crippen LogP contribution in [0.1, 0.15) is 20.3 Å². The first-order valence-corrected chi connectivity index (χ1v) is 5.09. The molecule has 4 nitrogen and oxygen atoms in total. The van der Waals surface area contributed by atoms with Crippen LogP contribution in [0.5, 0.6) is 0 Å². The second-order valence-electron chi connectivity index (χ2n) is 4.80. The second-order valence-corrected chi connectivity index (χ2v) is 4.80. The lowest BCUT2D eigenvalue weighted by Crippen LogP contribution is -2.32. The summed E-state index contributed by atoms with van der Waals surface area (Å²) in [7, 11) is 0. The molecule has 0 aromatic heterocycles. The fraction of sp³-hybridized carbons (Fsp3) is 0.900. The fourth-order valence-electron chi connectivity index (χ4n) is 2.78. The summed E-state index contributed by atoms with van der Waals surface area (Å²) in [5, 5.41) is 0. The lowest BCUT2D eigenvalue weighted by Gasteiger charge is -2.25. The van der Waals surface area contributed by atoms with Gasteiger partial charge in [0.15, 0.2) is 5.79 Å². The number of esters is 1. The van der Waals surface area contributed by atoms with E-state index in [2.05, 4.69) is 0 Å². The van der Waals surface area contributed by atoms with Gasteiger partial charge in [0.1, 0.15) is 6.10 Å². The molecule has 4 heteroatoms. The van der Waals surface area contributed by atoms with Crippen LogP contribution in [0.15, 0.2) is 0 Å². The zero-order chi connectivity index (χ0) is 9.92. The van der Waals surface area contributed by atoms with Crippen molar-refractivity contribution >= 4 is 5.97 Å². The van der Waals surface area contributed by atoms with Crippen molar-refractivity contribution < 1.29 is 19.0 Å². The van der Waals surface area contributed by atoms with E-state index in [0.29, 0.717) is 12.5 Å². The number of rotatable bonds is 0. The first-order valence-electron chi connectivity index (χ1n) is 5.09. The van der Waals surface area contributed by atoms with Crippen LogP contribution in [0, 0.1) is 11.8 Å². The van der Waals surface area contributed by atoms with E-state index >= 15 is 0 Å². The van der Waals surface area contributed by atoms with Crippen LogP contribution in [-0.4, -0.2) is 30.6 Å². The van der Waals surface area contributed by atoms with Gasteiger partial charge in [-0.2, -0.15) is 0 Å². The molecule has 0 N–H and O–H groups in total. The van der Waals surface area contributed by atoms with Crippen LogP contribution in [-0.2, 0) is 19.0 Å². The van der Waals surface area contributed by atoms with Crippen molar-refractivity contribution in [3.8, 4) is 0 Å². The zero-order valence-electron chi connectivity index (χ0n) is 8.36. The predicted molar refractivity (Wildman–Crippen MR) is 46.4 cm³/mol. The molecule has 4 unspecified atom stereocenters. The van der Waals surface area contributed by atoms with E-state index in [0.717, 1.165) is 6.42 Å². The molecular formula is C10H14O4. The molecule has 0 spiro atoms. The van der Waals surface area contributed by atoms with Crippen molar-refractivity contribution in [2.75, 3.05) is 6.61 Å². The van der Waals surface area contributed by atoms with E-state index < -0.39 is 5.79 Å². The predicted octanol–water partition coefficient (Wildman–Crippen LogP) is 0.699. The molecule has 2 saturated heterocycles. The van der Waals surface area contributed by atoms with Gasteiger partial charge in [0.2, 0.25) is 0 Å². The number of carbonyl (C=O) groups excluding carboxylic acids is 1. The van der Waals surface area contributed by atoms with Gasteiger partial charge in [0.05, 0.1) is 18.6 Å². The quantitative estimate of drug-likeness (QED) is 0.537. The lowest BCUT2D eigenvalue weighted by atomic mass is 10.0. The molecule has 3 aliphatic rings. The second kappa shape index (κ2) is 2.49. The highest BCUT2D eigenvalue weighted by Gasteiger charge is 2.58. The van der Waals surface area contributed by atoms with E-state index in [1.54, 1.807) is 0 Å². The molecule has 78 valence electrons. The van der Waals surface area contributed by atoms with Gasteiger partial charge in [0.25, 0.3) is 0 Å². The van der Waals surface area contributed by atoms with Crippen LogP contribution in [0.4, 0.5) is 0 Å². The largest absolute Gasteiger partial charge is 0.465 e. The highest BCUT2D eigenvalue weighted by atomic mass is 16.8. The van der Waals surface area contributed by atoms with Crippen molar-refractivity contribution in [2.45, 2.75) is 38.3 Å². The van der Waals surface area contributed by atoms with Crippen molar-refractivity contribution in [2.24, 2.45) is 11.8 Å². The zero-order valence-corrected chi connectivity index (χ0v) is 8.36. The van der Waals surface area contributed by atoms with Crippen molar-refractivity contribution in [1.82, 2.24) is 0 Å². The summed E-state index contributed by atoms with van der Waals surface area (Å²) in [5.74, 6) is -0.413. The molecule has 0 amide bonds. The van der Waals surface area contributed by atoms with Gasteiger partial charge in [-0.25, -0.2) is 0 Å². The summed E-state index contributed by atoms with van der Waals surface area (Å²) in [6.45, 7) is 4.29. The van der Waals surface area contributed by atoms with Gasteiger partial charge in [-0.3, -0.25) is 4.79 Å². The molecule has 0 radical (unpaired) electrons. The van der Waals surface area contributed by atoms with Gasteiger partial charge < -0.3 is 14.2 Å². The molecule has 3 fully saturated rings. The Morgan fingerprint density at radius 1 is 1.29 bits per heavy atom. The van der Waals surface area contributed by atoms with Crippen molar-refractivity contribution in [3.63, 3.8) is 0 Å². The molecule has 1 aliphatic carbocycles. The number of hydrogen-bond acceptors (Lipinski definition) is 4. The third-order valence-electron chi connectivity index (χ3n) is 3.32. The summed E-state index contributed by atoms with van der Waals surface area (Å²) < 4.78 is 16.6. The Bertz CT molecular complexity index is 286. The maximum Gasteiger partial charge on any atom is 0.311 e. The van der Waals surface area contributed by atoms with Gasteiger partial charge in [-0.1, -0.05) is 0 Å². The Labute approximate surface area is 82.5 Å². The fourth-order valence-corrected chi connectivity index (χ4v) is 2.78. The first-order chi connectivity index (χ1) is 6.57. The van der Waals surface area contributed by atoms with Crippen LogP contribution in [0.2, 0.25) is 0 Å². The van der Waals surface area contributed by atoms with Crippen LogP contribution >= 0.6 is 0 Å². The maximum absolute atomic E-state index is 11.4. The molecule has 14 heavy (non-hydrogen) atoms. The van der Waals surface area contributed by atoms with Gasteiger partial charge >= 0.3 is 5.97 Å². The first kappa shape index (κ1) is 8.68. The number of hydrogen-bond donors (Lipinski definition) is 0. The average Bonchev–Trinajstić information content (AvgIpc) is 2.53. The third-order valence-corrected chi connectivity index (χ3v) is 3.32. The molecule has 2 aliphatic heterocycles. The Morgan fingerprint density at radius 2 is 2.00 bits per heavy atom. The molecule has 3 rings (SSSR count). The molecule has 4 atom stereocenters. The summed E-state index contributed by atoms with van der Waals surface area (Å²) in [6, 6.07) is 0. The maximum atomic E-state index is 11.4. The average molecular weight is 198 g/mol. The van der Waals surface area contributed by atoms with E-state index in [4.69, 9.17) is 14.2 Å². The van der Waals surface area contributed by atoms with Crippen molar-refractivity contribution in [1.29, 1.82) is 0 Å². The van der Waals surface area contributed by atoms with Crippen LogP contribution < -0.4 is 0 Å². The standard InChI is InChI=1S/C10H14O4/c1-10(2)13-7-5-3-6(8(7)14-10)9(11)12-4-5/h5-8H,3-4H2,1-2H3. The summed E-state index contributed by atoms with van der Waals surface area (Å²) in [4.78, 5) is 11.4. The molecule has 0 aromatic carbocycles. The molecule has 0 aromatic rings. The minimum Gasteiger partial charge on any atom is -0.465 e. The van der Waals surface area contributed by atoms with E-state index in [-0.39, 0.29) is 24.1 Å². The number of cyclic esters (lactones) is 1. The molecule has 2 bridgehead atoms. The highest BCUT2D eigenvalue weighted by Crippen LogP contribution is 2.47. The van der Waals surface area contributed by atoms with E-state index in [9.17, 15) is 4.79 Å². The number of fused-ring (bicyclic) bond motifs is 5. The SMILES string of the molecule is CC1(C)OC2C3COC(=O)C(C3)C2O1. The van der Waals surface area contributed by atoms with Gasteiger partial charge in [-0.05, 0) is 20.3 Å². The van der Waals surface area contributed by atoms with Crippen LogP contribution in [0.25, 0.3) is 0 Å². The summed E-state index contributed by atoms with van der Waals surface area (Å²) >= 11 is 0. The Hall–Kier alpha value is -0.610. The minimum atomic E-state index is -0.538. The minimum absolute atomic E-state index is 0.0569.